The summed E-state index contributed by atoms with van der Waals surface area (Å²) in [5, 5.41) is 96.9. The molecule has 0 aliphatic carbocycles. The smallest absolute Gasteiger partial charge is 0.222 e. The van der Waals surface area contributed by atoms with Crippen LogP contribution in [-0.4, -0.2) is 315 Å². The average Bonchev–Trinajstić information content (AvgIpc) is 3.53. The molecule has 3 aliphatic heterocycles. The van der Waals surface area contributed by atoms with Gasteiger partial charge >= 0.3 is 0 Å². The number of rotatable bonds is 48. The molecule has 83 heavy (non-hydrogen) atoms. The van der Waals surface area contributed by atoms with Crippen LogP contribution in [0.15, 0.2) is 0 Å². The number of hydrogen-bond acceptors (Lipinski definition) is 27. The van der Waals surface area contributed by atoms with Crippen LogP contribution in [0.3, 0.4) is 0 Å². The van der Waals surface area contributed by atoms with Gasteiger partial charge in [0.2, 0.25) is 17.7 Å². The fourth-order valence-electron chi connectivity index (χ4n) is 8.50. The Morgan fingerprint density at radius 2 is 0.675 bits per heavy atom. The molecule has 0 saturated carbocycles. The number of aliphatic hydroxyl groups excluding tert-OH is 9. The second kappa shape index (κ2) is 44.0. The molecule has 0 bridgehead atoms. The largest absolute Gasteiger partial charge is 0.394 e. The summed E-state index contributed by atoms with van der Waals surface area (Å²) < 4.78 is 84.4. The number of nitrogens with one attached hydrogen (secondary N) is 3. The molecule has 0 radical (unpaired) electrons. The van der Waals surface area contributed by atoms with Crippen LogP contribution in [-0.2, 0) is 85.4 Å². The van der Waals surface area contributed by atoms with Crippen molar-refractivity contribution in [2.75, 3.05) is 172 Å². The Labute approximate surface area is 486 Å². The Morgan fingerprint density at radius 1 is 0.386 bits per heavy atom. The molecule has 3 fully saturated rings. The minimum atomic E-state index is -1.21. The van der Waals surface area contributed by atoms with Crippen molar-refractivity contribution in [2.24, 2.45) is 17.8 Å². The van der Waals surface area contributed by atoms with Crippen LogP contribution in [0.4, 0.5) is 0 Å². The molecule has 3 rings (SSSR count). The van der Waals surface area contributed by atoms with Crippen molar-refractivity contribution in [1.29, 1.82) is 0 Å². The van der Waals surface area contributed by atoms with Gasteiger partial charge in [0.15, 0.2) is 18.9 Å². The van der Waals surface area contributed by atoms with E-state index >= 15 is 0 Å². The predicted molar refractivity (Wildman–Crippen MR) is 287 cm³/mol. The lowest BCUT2D eigenvalue weighted by Crippen LogP contribution is -2.55. The van der Waals surface area contributed by atoms with Crippen LogP contribution < -0.4 is 16.0 Å². The molecule has 0 spiro atoms. The number of ether oxygens (including phenoxy) is 15. The average molecular weight is 1210 g/mol. The fraction of sp³-hybridized carbons (Fsp3) is 0.943. The summed E-state index contributed by atoms with van der Waals surface area (Å²) in [7, 11) is 0. The zero-order valence-electron chi connectivity index (χ0n) is 48.7. The summed E-state index contributed by atoms with van der Waals surface area (Å²) in [4.78, 5) is 37.6. The van der Waals surface area contributed by atoms with E-state index in [9.17, 15) is 60.3 Å². The fourth-order valence-corrected chi connectivity index (χ4v) is 8.50. The van der Waals surface area contributed by atoms with Gasteiger partial charge in [-0.2, -0.15) is 0 Å². The normalized spacial score (nSPS) is 29.1. The molecule has 3 saturated heterocycles. The maximum absolute atomic E-state index is 12.6. The molecular formula is C53H99N3O27. The van der Waals surface area contributed by atoms with E-state index in [0.717, 1.165) is 0 Å². The lowest BCUT2D eigenvalue weighted by atomic mass is 9.92. The highest BCUT2D eigenvalue weighted by molar-refractivity contribution is 5.76. The molecule has 3 amide bonds. The third-order valence-corrected chi connectivity index (χ3v) is 13.7. The number of amides is 3. The van der Waals surface area contributed by atoms with Gasteiger partial charge in [-0.25, -0.2) is 0 Å². The number of carbonyl (C=O) groups excluding carboxylic acids is 3. The van der Waals surface area contributed by atoms with E-state index in [0.29, 0.717) is 6.42 Å². The van der Waals surface area contributed by atoms with Crippen LogP contribution >= 0.6 is 0 Å². The van der Waals surface area contributed by atoms with Gasteiger partial charge in [0, 0.05) is 63.3 Å². The molecule has 12 N–H and O–H groups in total. The third-order valence-electron chi connectivity index (χ3n) is 13.7. The summed E-state index contributed by atoms with van der Waals surface area (Å²) in [5.74, 6) is -2.23. The maximum Gasteiger partial charge on any atom is 0.222 e. The van der Waals surface area contributed by atoms with Crippen LogP contribution in [0.2, 0.25) is 0 Å². The van der Waals surface area contributed by atoms with Gasteiger partial charge in [-0.15, -0.1) is 0 Å². The zero-order chi connectivity index (χ0) is 60.8. The van der Waals surface area contributed by atoms with Gasteiger partial charge < -0.3 is 133 Å². The first-order valence-electron chi connectivity index (χ1n) is 28.7. The lowest BCUT2D eigenvalue weighted by molar-refractivity contribution is -0.284. The molecular weight excluding hydrogens is 1110 g/mol. The first-order chi connectivity index (χ1) is 40.0. The summed E-state index contributed by atoms with van der Waals surface area (Å²) in [6.07, 6.45) is -11.5. The van der Waals surface area contributed by atoms with Crippen molar-refractivity contribution in [3.05, 3.63) is 0 Å². The van der Waals surface area contributed by atoms with E-state index in [1.807, 2.05) is 0 Å². The molecule has 3 aliphatic rings. The third kappa shape index (κ3) is 29.8. The van der Waals surface area contributed by atoms with Crippen molar-refractivity contribution < 1.29 is 131 Å². The summed E-state index contributed by atoms with van der Waals surface area (Å²) >= 11 is 0. The molecule has 30 nitrogen and oxygen atoms in total. The van der Waals surface area contributed by atoms with E-state index in [4.69, 9.17) is 71.1 Å². The first kappa shape index (κ1) is 74.7. The molecule has 0 aromatic rings. The van der Waals surface area contributed by atoms with Crippen molar-refractivity contribution >= 4 is 17.7 Å². The van der Waals surface area contributed by atoms with Crippen molar-refractivity contribution in [3.8, 4) is 0 Å². The second-order valence-corrected chi connectivity index (χ2v) is 20.5. The molecule has 488 valence electrons. The standard InChI is InChI=1S/C53H99N3O27/c1-35-44(63)47(66)38(30-57)81-50(35)77-27-24-72-21-18-69-15-9-54-41(60)6-5-12-80-53(4,33-75-13-7-42(61)55-10-16-70-19-22-73-25-28-78-51-36(2)45(64)48(67)39(31-58)82-51)34-76-14-8-43(62)56-11-17-71-20-23-74-26-29-79-52-37(3)46(65)49(68)40(32-59)83-52/h35-40,44-52,57-59,63-68H,5-34H2,1-4H3,(H,54,60)(H,55,61)(H,56,62). The van der Waals surface area contributed by atoms with Gasteiger partial charge in [-0.1, -0.05) is 20.8 Å². The quantitative estimate of drug-likeness (QED) is 0.0254. The van der Waals surface area contributed by atoms with Crippen molar-refractivity contribution in [3.63, 3.8) is 0 Å². The van der Waals surface area contributed by atoms with Crippen molar-refractivity contribution in [1.82, 2.24) is 16.0 Å². The highest BCUT2D eigenvalue weighted by Gasteiger charge is 2.44. The minimum Gasteiger partial charge on any atom is -0.394 e. The van der Waals surface area contributed by atoms with Gasteiger partial charge in [0.25, 0.3) is 0 Å². The van der Waals surface area contributed by atoms with Gasteiger partial charge in [0.1, 0.15) is 42.2 Å². The van der Waals surface area contributed by atoms with E-state index in [1.165, 1.54) is 0 Å². The van der Waals surface area contributed by atoms with Crippen LogP contribution in [0.1, 0.15) is 53.4 Å². The molecule has 15 atom stereocenters. The topological polar surface area (TPSA) is 408 Å². The second-order valence-electron chi connectivity index (χ2n) is 20.5. The molecule has 3 heterocycles. The lowest BCUT2D eigenvalue weighted by Gasteiger charge is -2.40. The molecule has 30 heteroatoms. The van der Waals surface area contributed by atoms with Crippen LogP contribution in [0.5, 0.6) is 0 Å². The van der Waals surface area contributed by atoms with Crippen LogP contribution in [0.25, 0.3) is 0 Å². The van der Waals surface area contributed by atoms with E-state index in [-0.39, 0.29) is 189 Å². The van der Waals surface area contributed by atoms with Gasteiger partial charge in [-0.3, -0.25) is 14.4 Å². The number of aliphatic hydroxyl groups is 9. The van der Waals surface area contributed by atoms with E-state index in [2.05, 4.69) is 16.0 Å². The zero-order valence-corrected chi connectivity index (χ0v) is 48.7. The Morgan fingerprint density at radius 3 is 0.988 bits per heavy atom. The van der Waals surface area contributed by atoms with E-state index < -0.39 is 117 Å². The number of hydrogen-bond donors (Lipinski definition) is 12. The highest BCUT2D eigenvalue weighted by atomic mass is 16.7. The SMILES string of the molecule is CC1C(OCCOCCOCCNC(=O)CCCOC(C)(COCCC(=O)NCCOCCOCCOC2OC(CO)C(O)C(O)C2C)COCCC(=O)NCCOCCOCCOC2OC(CO)C(O)C(O)C2C)OC(CO)C(O)C1O. The Bertz CT molecular complexity index is 1500. The molecule has 15 unspecified atom stereocenters. The Kier molecular flexibility index (Phi) is 39.6. The predicted octanol–water partition coefficient (Wildman–Crippen LogP) is -4.92. The number of carbonyl (C=O) groups is 3. The van der Waals surface area contributed by atoms with E-state index in [1.54, 1.807) is 27.7 Å². The Hall–Kier alpha value is -2.55. The first-order valence-corrected chi connectivity index (χ1v) is 28.7. The summed E-state index contributed by atoms with van der Waals surface area (Å²) in [5.41, 5.74) is -0.999. The summed E-state index contributed by atoms with van der Waals surface area (Å²) in [6.45, 7) is 10.1. The van der Waals surface area contributed by atoms with Crippen LogP contribution in [0, 0.1) is 17.8 Å². The monoisotopic (exact) mass is 1210 g/mol. The maximum atomic E-state index is 12.6. The summed E-state index contributed by atoms with van der Waals surface area (Å²) in [6, 6.07) is 0. The van der Waals surface area contributed by atoms with Gasteiger partial charge in [-0.05, 0) is 13.3 Å². The van der Waals surface area contributed by atoms with Crippen molar-refractivity contribution in [2.45, 2.75) is 133 Å². The van der Waals surface area contributed by atoms with Gasteiger partial charge in [0.05, 0.1) is 164 Å². The highest BCUT2D eigenvalue weighted by Crippen LogP contribution is 2.29. The molecule has 0 aromatic heterocycles. The molecule has 0 aromatic carbocycles. The Balaban J connectivity index is 1.26. The minimum absolute atomic E-state index is 0.0403.